The molecule has 3 saturated heterocycles. The molecule has 0 spiro atoms. The predicted molar refractivity (Wildman–Crippen MR) is 104 cm³/mol. The molecule has 0 bridgehead atoms. The van der Waals surface area contributed by atoms with Crippen molar-refractivity contribution in [2.75, 3.05) is 39.3 Å². The number of carbonyl (C=O) groups is 2. The van der Waals surface area contributed by atoms with E-state index in [0.29, 0.717) is 0 Å². The number of hydrogen-bond donors (Lipinski definition) is 2. The Morgan fingerprint density at radius 3 is 2.22 bits per heavy atom. The summed E-state index contributed by atoms with van der Waals surface area (Å²) in [6.07, 6.45) is 4.71. The normalized spacial score (nSPS) is 22.4. The lowest BCUT2D eigenvalue weighted by molar-refractivity contribution is -0.135. The fourth-order valence-electron chi connectivity index (χ4n) is 4.44. The van der Waals surface area contributed by atoms with Crippen LogP contribution in [0.2, 0.25) is 0 Å². The molecule has 0 aromatic heterocycles. The quantitative estimate of drug-likeness (QED) is 0.846. The number of amides is 3. The van der Waals surface area contributed by atoms with E-state index >= 15 is 0 Å². The van der Waals surface area contributed by atoms with Crippen LogP contribution in [0.15, 0.2) is 30.3 Å². The summed E-state index contributed by atoms with van der Waals surface area (Å²) in [6.45, 7) is 4.74. The van der Waals surface area contributed by atoms with Crippen molar-refractivity contribution in [1.29, 1.82) is 0 Å². The number of nitrogens with one attached hydrogen (secondary N) is 2. The van der Waals surface area contributed by atoms with Gasteiger partial charge in [-0.25, -0.2) is 4.79 Å². The largest absolute Gasteiger partial charge is 0.353 e. The van der Waals surface area contributed by atoms with Gasteiger partial charge in [-0.3, -0.25) is 4.79 Å². The fraction of sp³-hybridized carbons (Fsp3) is 0.619. The zero-order chi connectivity index (χ0) is 18.7. The Hall–Kier alpha value is -2.08. The average Bonchev–Trinajstić information content (AvgIpc) is 3.20. The minimum atomic E-state index is -0.330. The van der Waals surface area contributed by atoms with Gasteiger partial charge in [0, 0.05) is 45.3 Å². The topological polar surface area (TPSA) is 64.7 Å². The summed E-state index contributed by atoms with van der Waals surface area (Å²) in [5.74, 6) is 0.162. The number of piperidine rings is 1. The zero-order valence-corrected chi connectivity index (χ0v) is 16.0. The third kappa shape index (κ3) is 3.95. The maximum Gasteiger partial charge on any atom is 0.319 e. The summed E-state index contributed by atoms with van der Waals surface area (Å²) in [7, 11) is 0. The zero-order valence-electron chi connectivity index (χ0n) is 16.0. The van der Waals surface area contributed by atoms with Crippen molar-refractivity contribution in [3.8, 4) is 0 Å². The molecule has 0 saturated carbocycles. The van der Waals surface area contributed by atoms with Gasteiger partial charge in [-0.2, -0.15) is 0 Å². The Morgan fingerprint density at radius 1 is 1.00 bits per heavy atom. The van der Waals surface area contributed by atoms with E-state index in [0.717, 1.165) is 71.4 Å². The molecule has 0 atom stereocenters. The highest BCUT2D eigenvalue weighted by Crippen LogP contribution is 2.29. The minimum Gasteiger partial charge on any atom is -0.353 e. The third-order valence-corrected chi connectivity index (χ3v) is 6.27. The Balaban J connectivity index is 1.29. The average molecular weight is 370 g/mol. The Bertz CT molecular complexity index is 660. The molecule has 3 heterocycles. The molecule has 0 radical (unpaired) electrons. The predicted octanol–water partition coefficient (Wildman–Crippen LogP) is 1.62. The van der Waals surface area contributed by atoms with Crippen LogP contribution in [0.4, 0.5) is 4.79 Å². The summed E-state index contributed by atoms with van der Waals surface area (Å²) in [5.41, 5.74) is 0.879. The first-order valence-corrected chi connectivity index (χ1v) is 10.3. The van der Waals surface area contributed by atoms with Crippen LogP contribution in [0, 0.1) is 5.41 Å². The van der Waals surface area contributed by atoms with Crippen LogP contribution in [0.5, 0.6) is 0 Å². The van der Waals surface area contributed by atoms with Crippen LogP contribution in [0.1, 0.15) is 31.2 Å². The molecule has 0 unspecified atom stereocenters. The highest BCUT2D eigenvalue weighted by molar-refractivity contribution is 5.85. The van der Waals surface area contributed by atoms with Crippen LogP contribution >= 0.6 is 0 Å². The number of nitrogens with zero attached hydrogens (tertiary/aromatic N) is 2. The molecule has 6 heteroatoms. The first-order chi connectivity index (χ1) is 13.2. The van der Waals surface area contributed by atoms with Crippen molar-refractivity contribution < 1.29 is 9.59 Å². The molecule has 2 N–H and O–H groups in total. The minimum absolute atomic E-state index is 0.162. The smallest absolute Gasteiger partial charge is 0.319 e. The highest BCUT2D eigenvalue weighted by atomic mass is 16.2. The third-order valence-electron chi connectivity index (χ3n) is 6.27. The van der Waals surface area contributed by atoms with E-state index in [9.17, 15) is 9.59 Å². The van der Waals surface area contributed by atoms with Crippen molar-refractivity contribution in [1.82, 2.24) is 20.4 Å². The van der Waals surface area contributed by atoms with Crippen LogP contribution < -0.4 is 10.6 Å². The van der Waals surface area contributed by atoms with E-state index in [1.54, 1.807) is 0 Å². The lowest BCUT2D eigenvalue weighted by Crippen LogP contribution is -2.64. The van der Waals surface area contributed by atoms with Gasteiger partial charge < -0.3 is 20.4 Å². The van der Waals surface area contributed by atoms with Gasteiger partial charge >= 0.3 is 6.03 Å². The molecule has 3 amide bonds. The van der Waals surface area contributed by atoms with Gasteiger partial charge in [-0.1, -0.05) is 30.3 Å². The van der Waals surface area contributed by atoms with Crippen molar-refractivity contribution >= 4 is 11.9 Å². The van der Waals surface area contributed by atoms with Crippen molar-refractivity contribution in [3.05, 3.63) is 35.9 Å². The van der Waals surface area contributed by atoms with Crippen LogP contribution in [0.25, 0.3) is 0 Å². The van der Waals surface area contributed by atoms with Gasteiger partial charge in [0.2, 0.25) is 5.91 Å². The molecule has 3 fully saturated rings. The van der Waals surface area contributed by atoms with Gasteiger partial charge in [0.1, 0.15) is 0 Å². The molecule has 146 valence electrons. The van der Waals surface area contributed by atoms with E-state index < -0.39 is 0 Å². The molecule has 3 aliphatic heterocycles. The van der Waals surface area contributed by atoms with Crippen molar-refractivity contribution in [2.24, 2.45) is 5.41 Å². The second kappa shape index (κ2) is 7.89. The molecule has 0 aliphatic carbocycles. The number of likely N-dealkylation sites (tertiary alicyclic amines) is 2. The molecular weight excluding hydrogens is 340 g/mol. The summed E-state index contributed by atoms with van der Waals surface area (Å²) < 4.78 is 0. The number of hydrogen-bond acceptors (Lipinski definition) is 3. The summed E-state index contributed by atoms with van der Waals surface area (Å²) in [6, 6.07) is 10.6. The van der Waals surface area contributed by atoms with Gasteiger partial charge in [0.15, 0.2) is 0 Å². The van der Waals surface area contributed by atoms with Gasteiger partial charge in [-0.05, 0) is 37.7 Å². The van der Waals surface area contributed by atoms with Crippen LogP contribution in [0.3, 0.4) is 0 Å². The first kappa shape index (κ1) is 18.3. The monoisotopic (exact) mass is 370 g/mol. The highest BCUT2D eigenvalue weighted by Gasteiger charge is 2.45. The van der Waals surface area contributed by atoms with Crippen molar-refractivity contribution in [2.45, 2.75) is 38.1 Å². The van der Waals surface area contributed by atoms with Crippen LogP contribution in [-0.4, -0.2) is 67.0 Å². The standard InChI is InChI=1S/C21H30N4O2/c26-19(21(15-22-16-21)14-17-6-2-1-3-7-17)23-18-8-12-25(13-9-18)20(27)24-10-4-5-11-24/h1-3,6-7,18,22H,4-5,8-16H2,(H,23,26). The molecular formula is C21H30N4O2. The molecule has 1 aromatic rings. The first-order valence-electron chi connectivity index (χ1n) is 10.3. The van der Waals surface area contributed by atoms with Crippen LogP contribution in [-0.2, 0) is 11.2 Å². The second-order valence-electron chi connectivity index (χ2n) is 8.26. The summed E-state index contributed by atoms with van der Waals surface area (Å²) in [5, 5.41) is 6.55. The Morgan fingerprint density at radius 2 is 1.63 bits per heavy atom. The lowest BCUT2D eigenvalue weighted by atomic mass is 9.75. The summed E-state index contributed by atoms with van der Waals surface area (Å²) in [4.78, 5) is 29.4. The van der Waals surface area contributed by atoms with Crippen molar-refractivity contribution in [3.63, 3.8) is 0 Å². The molecule has 6 nitrogen and oxygen atoms in total. The fourth-order valence-corrected chi connectivity index (χ4v) is 4.44. The van der Waals surface area contributed by atoms with E-state index in [1.807, 2.05) is 28.0 Å². The maximum absolute atomic E-state index is 13.0. The summed E-state index contributed by atoms with van der Waals surface area (Å²) >= 11 is 0. The molecule has 3 aliphatic rings. The SMILES string of the molecule is O=C(N1CCCC1)N1CCC(NC(=O)C2(Cc3ccccc3)CNC2)CC1. The number of rotatable bonds is 4. The molecule has 1 aromatic carbocycles. The van der Waals surface area contributed by atoms with E-state index in [1.165, 1.54) is 5.56 Å². The van der Waals surface area contributed by atoms with E-state index in [4.69, 9.17) is 0 Å². The van der Waals surface area contributed by atoms with Gasteiger partial charge in [0.25, 0.3) is 0 Å². The van der Waals surface area contributed by atoms with E-state index in [2.05, 4.69) is 22.8 Å². The molecule has 4 rings (SSSR count). The van der Waals surface area contributed by atoms with Gasteiger partial charge in [0.05, 0.1) is 5.41 Å². The molecule has 27 heavy (non-hydrogen) atoms. The lowest BCUT2D eigenvalue weighted by Gasteiger charge is -2.43. The van der Waals surface area contributed by atoms with E-state index in [-0.39, 0.29) is 23.4 Å². The number of benzene rings is 1. The van der Waals surface area contributed by atoms with Gasteiger partial charge in [-0.15, -0.1) is 0 Å². The second-order valence-corrected chi connectivity index (χ2v) is 8.26. The Kier molecular flexibility index (Phi) is 5.34. The number of urea groups is 1. The number of carbonyl (C=O) groups excluding carboxylic acids is 2. The maximum atomic E-state index is 13.0. The Labute approximate surface area is 161 Å².